The summed E-state index contributed by atoms with van der Waals surface area (Å²) in [5.41, 5.74) is 2.88. The summed E-state index contributed by atoms with van der Waals surface area (Å²) in [6.07, 6.45) is 8.17. The van der Waals surface area contributed by atoms with Crippen molar-refractivity contribution in [1.29, 1.82) is 0 Å². The highest BCUT2D eigenvalue weighted by molar-refractivity contribution is 5.96. The summed E-state index contributed by atoms with van der Waals surface area (Å²) in [4.78, 5) is 24.7. The predicted molar refractivity (Wildman–Crippen MR) is 116 cm³/mol. The average Bonchev–Trinajstić information content (AvgIpc) is 2.72. The Labute approximate surface area is 174 Å². The van der Waals surface area contributed by atoms with Crippen LogP contribution >= 0.6 is 0 Å². The van der Waals surface area contributed by atoms with Crippen LogP contribution in [0.15, 0.2) is 42.5 Å². The standard InChI is InChI=1S/C25H32O4/c1-4-5-6-7-8-9-10-16-28-24(26)21-12-11-13-22(18-21)25(27)29-23-15-14-19(2)20(3)17-23/h11-15,17-18H,4-10,16H2,1-3H3. The van der Waals surface area contributed by atoms with Gasteiger partial charge in [0.15, 0.2) is 0 Å². The van der Waals surface area contributed by atoms with Crippen molar-refractivity contribution in [3.8, 4) is 5.75 Å². The van der Waals surface area contributed by atoms with Crippen LogP contribution in [0, 0.1) is 13.8 Å². The lowest BCUT2D eigenvalue weighted by Crippen LogP contribution is -2.11. The molecule has 0 amide bonds. The van der Waals surface area contributed by atoms with Gasteiger partial charge in [-0.15, -0.1) is 0 Å². The van der Waals surface area contributed by atoms with Crippen molar-refractivity contribution in [2.45, 2.75) is 65.7 Å². The highest BCUT2D eigenvalue weighted by Gasteiger charge is 2.13. The Kier molecular flexibility index (Phi) is 9.42. The molecular weight excluding hydrogens is 364 g/mol. The summed E-state index contributed by atoms with van der Waals surface area (Å²) < 4.78 is 10.8. The van der Waals surface area contributed by atoms with Crippen molar-refractivity contribution in [1.82, 2.24) is 0 Å². The molecule has 0 saturated heterocycles. The van der Waals surface area contributed by atoms with E-state index in [-0.39, 0.29) is 0 Å². The largest absolute Gasteiger partial charge is 0.462 e. The number of hydrogen-bond donors (Lipinski definition) is 0. The van der Waals surface area contributed by atoms with Gasteiger partial charge in [-0.05, 0) is 61.7 Å². The maximum atomic E-state index is 12.4. The smallest absolute Gasteiger partial charge is 0.343 e. The van der Waals surface area contributed by atoms with Gasteiger partial charge < -0.3 is 9.47 Å². The Morgan fingerprint density at radius 3 is 2.10 bits per heavy atom. The van der Waals surface area contributed by atoms with Crippen LogP contribution in [-0.4, -0.2) is 18.5 Å². The quantitative estimate of drug-likeness (QED) is 0.249. The summed E-state index contributed by atoms with van der Waals surface area (Å²) >= 11 is 0. The van der Waals surface area contributed by atoms with Crippen LogP contribution in [0.5, 0.6) is 5.75 Å². The Morgan fingerprint density at radius 1 is 0.759 bits per heavy atom. The van der Waals surface area contributed by atoms with Gasteiger partial charge in [0, 0.05) is 0 Å². The van der Waals surface area contributed by atoms with Crippen LogP contribution < -0.4 is 4.74 Å². The Morgan fingerprint density at radius 2 is 1.41 bits per heavy atom. The summed E-state index contributed by atoms with van der Waals surface area (Å²) in [7, 11) is 0. The molecule has 0 spiro atoms. The van der Waals surface area contributed by atoms with Crippen molar-refractivity contribution in [3.05, 3.63) is 64.7 Å². The molecule has 0 aliphatic carbocycles. The SMILES string of the molecule is CCCCCCCCCOC(=O)c1cccc(C(=O)Oc2ccc(C)c(C)c2)c1. The predicted octanol–water partition coefficient (Wildman–Crippen LogP) is 6.43. The molecule has 0 fully saturated rings. The first-order chi connectivity index (χ1) is 14.0. The van der Waals surface area contributed by atoms with Gasteiger partial charge in [-0.2, -0.15) is 0 Å². The number of rotatable bonds is 11. The molecule has 0 radical (unpaired) electrons. The van der Waals surface area contributed by atoms with Crippen LogP contribution in [0.3, 0.4) is 0 Å². The molecule has 0 atom stereocenters. The molecule has 2 aromatic rings. The van der Waals surface area contributed by atoms with Gasteiger partial charge in [-0.1, -0.05) is 57.6 Å². The highest BCUT2D eigenvalue weighted by atomic mass is 16.5. The van der Waals surface area contributed by atoms with Crippen molar-refractivity contribution in [2.75, 3.05) is 6.61 Å². The normalized spacial score (nSPS) is 10.6. The van der Waals surface area contributed by atoms with Gasteiger partial charge >= 0.3 is 11.9 Å². The van der Waals surface area contributed by atoms with Crippen molar-refractivity contribution < 1.29 is 19.1 Å². The summed E-state index contributed by atoms with van der Waals surface area (Å²) in [6.45, 7) is 6.58. The van der Waals surface area contributed by atoms with Crippen LogP contribution in [0.25, 0.3) is 0 Å². The van der Waals surface area contributed by atoms with Crippen molar-refractivity contribution >= 4 is 11.9 Å². The zero-order valence-corrected chi connectivity index (χ0v) is 17.8. The Bertz CT molecular complexity index is 810. The third-order valence-corrected chi connectivity index (χ3v) is 5.00. The maximum Gasteiger partial charge on any atom is 0.343 e. The molecule has 4 heteroatoms. The van der Waals surface area contributed by atoms with E-state index < -0.39 is 11.9 Å². The topological polar surface area (TPSA) is 52.6 Å². The highest BCUT2D eigenvalue weighted by Crippen LogP contribution is 2.18. The third kappa shape index (κ3) is 7.72. The molecule has 0 bridgehead atoms. The van der Waals surface area contributed by atoms with E-state index in [0.29, 0.717) is 23.5 Å². The van der Waals surface area contributed by atoms with E-state index >= 15 is 0 Å². The van der Waals surface area contributed by atoms with Gasteiger partial charge in [0.05, 0.1) is 17.7 Å². The molecule has 0 N–H and O–H groups in total. The van der Waals surface area contributed by atoms with Crippen LogP contribution in [0.1, 0.15) is 83.7 Å². The lowest BCUT2D eigenvalue weighted by atomic mass is 10.1. The summed E-state index contributed by atoms with van der Waals surface area (Å²) in [5, 5.41) is 0. The van der Waals surface area contributed by atoms with Crippen LogP contribution in [0.4, 0.5) is 0 Å². The maximum absolute atomic E-state index is 12.4. The number of esters is 2. The van der Waals surface area contributed by atoms with Gasteiger partial charge in [0.2, 0.25) is 0 Å². The number of carbonyl (C=O) groups is 2. The second kappa shape index (κ2) is 12.1. The molecule has 29 heavy (non-hydrogen) atoms. The minimum absolute atomic E-state index is 0.327. The minimum atomic E-state index is -0.491. The van der Waals surface area contributed by atoms with Gasteiger partial charge in [-0.25, -0.2) is 9.59 Å². The molecule has 0 heterocycles. The third-order valence-electron chi connectivity index (χ3n) is 5.00. The lowest BCUT2D eigenvalue weighted by molar-refractivity contribution is 0.0497. The molecule has 0 unspecified atom stereocenters. The number of ether oxygens (including phenoxy) is 2. The van der Waals surface area contributed by atoms with Crippen LogP contribution in [0.2, 0.25) is 0 Å². The number of hydrogen-bond acceptors (Lipinski definition) is 4. The first-order valence-electron chi connectivity index (χ1n) is 10.6. The average molecular weight is 397 g/mol. The zero-order chi connectivity index (χ0) is 21.1. The Balaban J connectivity index is 1.82. The molecule has 156 valence electrons. The number of carbonyl (C=O) groups excluding carboxylic acids is 2. The lowest BCUT2D eigenvalue weighted by Gasteiger charge is -2.08. The molecule has 2 aromatic carbocycles. The first-order valence-corrected chi connectivity index (χ1v) is 10.6. The molecular formula is C25H32O4. The fraction of sp³-hybridized carbons (Fsp3) is 0.440. The van der Waals surface area contributed by atoms with E-state index in [1.54, 1.807) is 24.3 Å². The van der Waals surface area contributed by atoms with Crippen molar-refractivity contribution in [3.63, 3.8) is 0 Å². The minimum Gasteiger partial charge on any atom is -0.462 e. The van der Waals surface area contributed by atoms with Crippen LogP contribution in [-0.2, 0) is 4.74 Å². The fourth-order valence-corrected chi connectivity index (χ4v) is 3.02. The van der Waals surface area contributed by atoms with E-state index in [2.05, 4.69) is 6.92 Å². The van der Waals surface area contributed by atoms with Gasteiger partial charge in [-0.3, -0.25) is 0 Å². The van der Waals surface area contributed by atoms with Gasteiger partial charge in [0.1, 0.15) is 5.75 Å². The summed E-state index contributed by atoms with van der Waals surface area (Å²) in [6, 6.07) is 12.0. The molecule has 0 aliphatic heterocycles. The number of unbranched alkanes of at least 4 members (excludes halogenated alkanes) is 6. The summed E-state index contributed by atoms with van der Waals surface area (Å²) in [5.74, 6) is -0.406. The van der Waals surface area contributed by atoms with E-state index in [4.69, 9.17) is 9.47 Å². The number of aryl methyl sites for hydroxylation is 2. The number of benzene rings is 2. The van der Waals surface area contributed by atoms with E-state index in [0.717, 1.165) is 24.0 Å². The first kappa shape index (κ1) is 22.7. The molecule has 2 rings (SSSR count). The second-order valence-electron chi connectivity index (χ2n) is 7.47. The molecule has 4 nitrogen and oxygen atoms in total. The van der Waals surface area contributed by atoms with E-state index in [1.807, 2.05) is 26.0 Å². The monoisotopic (exact) mass is 396 g/mol. The fourth-order valence-electron chi connectivity index (χ4n) is 3.02. The molecule has 0 aromatic heterocycles. The molecule has 0 aliphatic rings. The second-order valence-corrected chi connectivity index (χ2v) is 7.47. The van der Waals surface area contributed by atoms with Crippen molar-refractivity contribution in [2.24, 2.45) is 0 Å². The Hall–Kier alpha value is -2.62. The van der Waals surface area contributed by atoms with E-state index in [1.165, 1.54) is 38.2 Å². The van der Waals surface area contributed by atoms with Gasteiger partial charge in [0.25, 0.3) is 0 Å². The zero-order valence-electron chi connectivity index (χ0n) is 17.8. The van der Waals surface area contributed by atoms with E-state index in [9.17, 15) is 9.59 Å². The molecule has 0 saturated carbocycles.